The van der Waals surface area contributed by atoms with Crippen LogP contribution in [0.5, 0.6) is 5.88 Å². The van der Waals surface area contributed by atoms with Crippen molar-refractivity contribution < 1.29 is 13.9 Å². The van der Waals surface area contributed by atoms with E-state index < -0.39 is 0 Å². The predicted octanol–water partition coefficient (Wildman–Crippen LogP) is 3.80. The molecule has 6 heteroatoms. The number of hydrogen-bond acceptors (Lipinski definition) is 5. The number of ether oxygens (including phenoxy) is 1. The van der Waals surface area contributed by atoms with Crippen LogP contribution in [0, 0.1) is 6.92 Å². The summed E-state index contributed by atoms with van der Waals surface area (Å²) in [6.07, 6.45) is 4.25. The lowest BCUT2D eigenvalue weighted by Gasteiger charge is -2.08. The third-order valence-corrected chi connectivity index (χ3v) is 4.68. The second-order valence-electron chi connectivity index (χ2n) is 6.38. The molecule has 4 aromatic rings. The largest absolute Gasteiger partial charge is 0.481 e. The van der Waals surface area contributed by atoms with Gasteiger partial charge >= 0.3 is 0 Å². The molecule has 0 radical (unpaired) electrons. The van der Waals surface area contributed by atoms with Gasteiger partial charge in [-0.25, -0.2) is 4.98 Å². The summed E-state index contributed by atoms with van der Waals surface area (Å²) >= 11 is 0. The van der Waals surface area contributed by atoms with E-state index >= 15 is 0 Å². The number of aromatic nitrogens is 2. The number of benzene rings is 1. The highest BCUT2D eigenvalue weighted by Gasteiger charge is 2.38. The summed E-state index contributed by atoms with van der Waals surface area (Å²) in [6.45, 7) is 1.93. The third kappa shape index (κ3) is 2.15. The Morgan fingerprint density at radius 3 is 2.65 bits per heavy atom. The Morgan fingerprint density at radius 1 is 1.12 bits per heavy atom. The molecule has 0 aromatic carbocycles. The Hall–Kier alpha value is -3.41. The SMILES string of the molecule is COc1ccc(NC(=O)c2c(-c3ccc(C)nc3)c3oc2c2c3C2)cn1. The van der Waals surface area contributed by atoms with Crippen LogP contribution < -0.4 is 10.1 Å². The lowest BCUT2D eigenvalue weighted by molar-refractivity contribution is 0.102. The van der Waals surface area contributed by atoms with Crippen molar-refractivity contribution in [3.8, 4) is 17.0 Å². The molecule has 0 fully saturated rings. The first-order valence-corrected chi connectivity index (χ1v) is 8.29. The van der Waals surface area contributed by atoms with E-state index in [2.05, 4.69) is 15.3 Å². The van der Waals surface area contributed by atoms with Gasteiger partial charge in [0, 0.05) is 46.6 Å². The van der Waals surface area contributed by atoms with Crippen molar-refractivity contribution in [2.45, 2.75) is 13.3 Å². The van der Waals surface area contributed by atoms with E-state index in [1.165, 1.54) is 5.56 Å². The van der Waals surface area contributed by atoms with E-state index in [0.29, 0.717) is 22.7 Å². The standard InChI is InChI=1S/C20H15N3O3/c1-10-3-4-11(8-21-10)16-17(19-14-7-13(14)18(16)26-19)20(24)23-12-5-6-15(25-2)22-9-12/h3-6,8-9H,7H2,1-2H3,(H,23,24). The van der Waals surface area contributed by atoms with Crippen LogP contribution >= 0.6 is 0 Å². The number of pyridine rings is 2. The minimum absolute atomic E-state index is 0.212. The molecule has 0 spiro atoms. The second kappa shape index (κ2) is 5.29. The Balaban J connectivity index is 1.55. The molecule has 5 rings (SSSR count). The van der Waals surface area contributed by atoms with Gasteiger partial charge in [-0.05, 0) is 19.1 Å². The molecule has 26 heavy (non-hydrogen) atoms. The van der Waals surface area contributed by atoms with Gasteiger partial charge in [-0.15, -0.1) is 0 Å². The maximum absolute atomic E-state index is 13.0. The fourth-order valence-electron chi connectivity index (χ4n) is 3.30. The summed E-state index contributed by atoms with van der Waals surface area (Å²) in [7, 11) is 1.55. The van der Waals surface area contributed by atoms with E-state index in [9.17, 15) is 4.79 Å². The van der Waals surface area contributed by atoms with Gasteiger partial charge in [-0.1, -0.05) is 6.07 Å². The fraction of sp³-hybridized carbons (Fsp3) is 0.150. The maximum Gasteiger partial charge on any atom is 0.260 e. The van der Waals surface area contributed by atoms with Crippen molar-refractivity contribution >= 4 is 22.8 Å². The molecule has 0 saturated heterocycles. The molecule has 6 nitrogen and oxygen atoms in total. The minimum Gasteiger partial charge on any atom is -0.481 e. The Kier molecular flexibility index (Phi) is 3.03. The van der Waals surface area contributed by atoms with Gasteiger partial charge in [0.2, 0.25) is 5.88 Å². The van der Waals surface area contributed by atoms with Gasteiger partial charge in [-0.2, -0.15) is 0 Å². The smallest absolute Gasteiger partial charge is 0.260 e. The number of anilines is 1. The summed E-state index contributed by atoms with van der Waals surface area (Å²) in [5.41, 5.74) is 7.64. The van der Waals surface area contributed by atoms with Crippen molar-refractivity contribution in [3.63, 3.8) is 0 Å². The monoisotopic (exact) mass is 345 g/mol. The number of carbonyl (C=O) groups excluding carboxylic acids is 1. The first-order valence-electron chi connectivity index (χ1n) is 8.29. The summed E-state index contributed by atoms with van der Waals surface area (Å²) in [4.78, 5) is 21.5. The maximum atomic E-state index is 13.0. The number of furan rings is 2. The molecule has 1 N–H and O–H groups in total. The molecule has 1 aliphatic rings. The number of aryl methyl sites for hydroxylation is 1. The average molecular weight is 345 g/mol. The number of methoxy groups -OCH3 is 1. The molecule has 0 saturated carbocycles. The van der Waals surface area contributed by atoms with Gasteiger partial charge in [-0.3, -0.25) is 9.78 Å². The first-order chi connectivity index (χ1) is 12.7. The number of nitrogens with zero attached hydrogens (tertiary/aromatic N) is 2. The van der Waals surface area contributed by atoms with Crippen LogP contribution in [-0.2, 0) is 6.42 Å². The minimum atomic E-state index is -0.212. The normalized spacial score (nSPS) is 12.2. The molecule has 1 amide bonds. The van der Waals surface area contributed by atoms with Crippen LogP contribution in [0.15, 0.2) is 41.1 Å². The average Bonchev–Trinajstić information content (AvgIpc) is 3.28. The van der Waals surface area contributed by atoms with Crippen LogP contribution in [-0.4, -0.2) is 23.0 Å². The van der Waals surface area contributed by atoms with Gasteiger partial charge in [0.25, 0.3) is 5.91 Å². The first kappa shape index (κ1) is 14.9. The molecular formula is C20H15N3O3. The van der Waals surface area contributed by atoms with Crippen LogP contribution in [0.4, 0.5) is 5.69 Å². The van der Waals surface area contributed by atoms with Crippen molar-refractivity contribution in [1.82, 2.24) is 9.97 Å². The molecular weight excluding hydrogens is 330 g/mol. The summed E-state index contributed by atoms with van der Waals surface area (Å²) in [5, 5.41) is 2.90. The van der Waals surface area contributed by atoms with Crippen LogP contribution in [0.3, 0.4) is 0 Å². The quantitative estimate of drug-likeness (QED) is 0.536. The lowest BCUT2D eigenvalue weighted by atomic mass is 10.0. The van der Waals surface area contributed by atoms with Crippen molar-refractivity contribution in [3.05, 3.63) is 59.0 Å². The van der Waals surface area contributed by atoms with E-state index in [4.69, 9.17) is 9.15 Å². The fourth-order valence-corrected chi connectivity index (χ4v) is 3.30. The third-order valence-electron chi connectivity index (χ3n) is 4.68. The van der Waals surface area contributed by atoms with E-state index in [1.54, 1.807) is 31.6 Å². The molecule has 0 unspecified atom stereocenters. The number of fused-ring (bicyclic) bond motifs is 5. The summed E-state index contributed by atoms with van der Waals surface area (Å²) in [5.74, 6) is 0.283. The van der Waals surface area contributed by atoms with Gasteiger partial charge in [0.15, 0.2) is 0 Å². The molecule has 0 aliphatic heterocycles. The van der Waals surface area contributed by atoms with E-state index in [-0.39, 0.29) is 5.91 Å². The van der Waals surface area contributed by atoms with E-state index in [1.807, 2.05) is 19.1 Å². The highest BCUT2D eigenvalue weighted by Crippen LogP contribution is 2.50. The highest BCUT2D eigenvalue weighted by atomic mass is 16.5. The van der Waals surface area contributed by atoms with Gasteiger partial charge in [0.1, 0.15) is 11.2 Å². The Labute approximate surface area is 149 Å². The molecule has 4 heterocycles. The van der Waals surface area contributed by atoms with Gasteiger partial charge < -0.3 is 14.5 Å². The number of hydrogen-bond donors (Lipinski definition) is 1. The van der Waals surface area contributed by atoms with Crippen molar-refractivity contribution in [1.29, 1.82) is 0 Å². The molecule has 0 atom stereocenters. The van der Waals surface area contributed by atoms with Gasteiger partial charge in [0.05, 0.1) is 24.6 Å². The summed E-state index contributed by atoms with van der Waals surface area (Å²) < 4.78 is 10.9. The summed E-state index contributed by atoms with van der Waals surface area (Å²) in [6, 6.07) is 7.37. The zero-order valence-corrected chi connectivity index (χ0v) is 14.3. The molecule has 4 aromatic heterocycles. The zero-order chi connectivity index (χ0) is 17.8. The highest BCUT2D eigenvalue weighted by molar-refractivity contribution is 6.19. The zero-order valence-electron chi connectivity index (χ0n) is 14.3. The lowest BCUT2D eigenvalue weighted by Crippen LogP contribution is -2.13. The predicted molar refractivity (Wildman–Crippen MR) is 96.9 cm³/mol. The number of rotatable bonds is 4. The Bertz CT molecular complexity index is 1130. The molecule has 128 valence electrons. The molecule has 1 aliphatic carbocycles. The van der Waals surface area contributed by atoms with Crippen LogP contribution in [0.1, 0.15) is 27.2 Å². The molecule has 2 bridgehead atoms. The number of nitrogens with one attached hydrogen (secondary N) is 1. The van der Waals surface area contributed by atoms with Crippen molar-refractivity contribution in [2.24, 2.45) is 0 Å². The number of amides is 1. The second-order valence-corrected chi connectivity index (χ2v) is 6.38. The van der Waals surface area contributed by atoms with E-state index in [0.717, 1.165) is 34.4 Å². The topological polar surface area (TPSA) is 77.2 Å². The van der Waals surface area contributed by atoms with Crippen LogP contribution in [0.2, 0.25) is 0 Å². The van der Waals surface area contributed by atoms with Crippen molar-refractivity contribution in [2.75, 3.05) is 12.4 Å². The Morgan fingerprint density at radius 2 is 1.96 bits per heavy atom. The van der Waals surface area contributed by atoms with Crippen LogP contribution in [0.25, 0.3) is 22.3 Å². The number of carbonyl (C=O) groups is 1.